The maximum Gasteiger partial charge on any atom is 0.413 e. The summed E-state index contributed by atoms with van der Waals surface area (Å²) in [4.78, 5) is 41.1. The molecule has 0 saturated carbocycles. The summed E-state index contributed by atoms with van der Waals surface area (Å²) < 4.78 is 10.4. The van der Waals surface area contributed by atoms with Gasteiger partial charge in [-0.1, -0.05) is 25.1 Å². The van der Waals surface area contributed by atoms with Crippen LogP contribution in [0.3, 0.4) is 0 Å². The first-order valence-electron chi connectivity index (χ1n) is 9.55. The number of amides is 4. The fourth-order valence-electron chi connectivity index (χ4n) is 2.52. The van der Waals surface area contributed by atoms with Crippen molar-refractivity contribution >= 4 is 35.4 Å². The van der Waals surface area contributed by atoms with Crippen molar-refractivity contribution in [1.82, 2.24) is 10.6 Å². The topological polar surface area (TPSA) is 135 Å². The number of urea groups is 1. The third kappa shape index (κ3) is 6.74. The number of anilines is 1. The number of primary amides is 1. The largest absolute Gasteiger partial charge is 0.457 e. The van der Waals surface area contributed by atoms with Crippen LogP contribution in [0.15, 0.2) is 53.5 Å². The van der Waals surface area contributed by atoms with Crippen LogP contribution in [0.4, 0.5) is 21.0 Å². The van der Waals surface area contributed by atoms with Crippen molar-refractivity contribution in [1.29, 1.82) is 0 Å². The Morgan fingerprint density at radius 1 is 1.03 bits per heavy atom. The van der Waals surface area contributed by atoms with Gasteiger partial charge in [0.2, 0.25) is 11.9 Å². The number of ether oxygens (including phenoxy) is 2. The molecule has 2 rings (SSSR count). The minimum Gasteiger partial charge on any atom is -0.457 e. The normalized spacial score (nSPS) is 10.7. The van der Waals surface area contributed by atoms with E-state index >= 15 is 0 Å². The maximum absolute atomic E-state index is 12.0. The number of aliphatic imine (C=N–C) groups is 1. The summed E-state index contributed by atoms with van der Waals surface area (Å²) in [5.41, 5.74) is 6.12. The lowest BCUT2D eigenvalue weighted by molar-refractivity contribution is -0.119. The first-order chi connectivity index (χ1) is 14.9. The summed E-state index contributed by atoms with van der Waals surface area (Å²) in [6.45, 7) is 3.65. The molecule has 10 heteroatoms. The lowest BCUT2D eigenvalue weighted by atomic mass is 10.2. The molecule has 0 saturated heterocycles. The number of para-hydroxylation sites is 1. The zero-order valence-corrected chi connectivity index (χ0v) is 17.5. The van der Waals surface area contributed by atoms with Gasteiger partial charge in [-0.25, -0.2) is 14.6 Å². The Hall–Kier alpha value is -4.08. The van der Waals surface area contributed by atoms with Crippen molar-refractivity contribution in [2.45, 2.75) is 20.3 Å². The summed E-state index contributed by atoms with van der Waals surface area (Å²) in [5.74, 6) is 0.523. The summed E-state index contributed by atoms with van der Waals surface area (Å²) in [6.07, 6.45) is -0.649. The van der Waals surface area contributed by atoms with Crippen molar-refractivity contribution in [2.24, 2.45) is 10.7 Å². The molecule has 0 aliphatic carbocycles. The van der Waals surface area contributed by atoms with Gasteiger partial charge < -0.3 is 15.2 Å². The molecule has 0 bridgehead atoms. The zero-order valence-electron chi connectivity index (χ0n) is 17.5. The van der Waals surface area contributed by atoms with Crippen LogP contribution in [0, 0.1) is 0 Å². The molecule has 0 unspecified atom stereocenters. The molecule has 0 aliphatic rings. The molecule has 0 aromatic heterocycles. The Kier molecular flexibility index (Phi) is 8.38. The number of nitrogens with one attached hydrogen (secondary N) is 2. The average Bonchev–Trinajstić information content (AvgIpc) is 2.76. The quantitative estimate of drug-likeness (QED) is 0.480. The molecular formula is C21H25N5O5. The van der Waals surface area contributed by atoms with E-state index in [-0.39, 0.29) is 30.5 Å². The number of rotatable bonds is 6. The standard InChI is InChI=1S/C21H25N5O5/c1-4-18(27)24-20(25-21(29)30-3)23-16-12-11-15(31-14-9-7-6-8-10-14)13-17(16)26(5-2)19(22)28/h6-13H,4-5H2,1-3H3,(H2,22,28)(H2,23,24,25,27,29). The van der Waals surface area contributed by atoms with E-state index in [2.05, 4.69) is 20.4 Å². The number of nitrogens with zero attached hydrogens (tertiary/aromatic N) is 2. The fraction of sp³-hybridized carbons (Fsp3) is 0.238. The number of guanidine groups is 1. The van der Waals surface area contributed by atoms with Crippen LogP contribution in [0.25, 0.3) is 0 Å². The minimum atomic E-state index is -0.817. The van der Waals surface area contributed by atoms with Gasteiger partial charge in [-0.2, -0.15) is 0 Å². The molecule has 0 radical (unpaired) electrons. The number of hydrogen-bond donors (Lipinski definition) is 3. The Labute approximate surface area is 180 Å². The zero-order chi connectivity index (χ0) is 22.8. The summed E-state index contributed by atoms with van der Waals surface area (Å²) >= 11 is 0. The number of hydrogen-bond acceptors (Lipinski definition) is 6. The highest BCUT2D eigenvalue weighted by molar-refractivity contribution is 6.05. The third-order valence-corrected chi connectivity index (χ3v) is 4.02. The fourth-order valence-corrected chi connectivity index (χ4v) is 2.52. The van der Waals surface area contributed by atoms with Gasteiger partial charge in [-0.3, -0.25) is 20.3 Å². The first-order valence-corrected chi connectivity index (χ1v) is 9.55. The molecule has 0 heterocycles. The second-order valence-electron chi connectivity index (χ2n) is 6.13. The van der Waals surface area contributed by atoms with Crippen molar-refractivity contribution < 1.29 is 23.9 Å². The van der Waals surface area contributed by atoms with E-state index in [9.17, 15) is 14.4 Å². The molecule has 0 atom stereocenters. The van der Waals surface area contributed by atoms with Crippen LogP contribution < -0.4 is 26.0 Å². The van der Waals surface area contributed by atoms with Crippen molar-refractivity contribution in [3.05, 3.63) is 48.5 Å². The van der Waals surface area contributed by atoms with E-state index < -0.39 is 12.1 Å². The number of nitrogens with two attached hydrogens (primary N) is 1. The van der Waals surface area contributed by atoms with Gasteiger partial charge in [0, 0.05) is 19.0 Å². The summed E-state index contributed by atoms with van der Waals surface area (Å²) in [5, 5.41) is 4.82. The van der Waals surface area contributed by atoms with Crippen molar-refractivity contribution in [2.75, 3.05) is 18.6 Å². The molecule has 164 valence electrons. The van der Waals surface area contributed by atoms with Crippen molar-refractivity contribution in [3.8, 4) is 11.5 Å². The highest BCUT2D eigenvalue weighted by Crippen LogP contribution is 2.34. The lowest BCUT2D eigenvalue weighted by Gasteiger charge is -2.21. The summed E-state index contributed by atoms with van der Waals surface area (Å²) in [6, 6.07) is 13.2. The summed E-state index contributed by atoms with van der Waals surface area (Å²) in [7, 11) is 1.18. The molecule has 0 aliphatic heterocycles. The Morgan fingerprint density at radius 2 is 1.74 bits per heavy atom. The van der Waals surface area contributed by atoms with E-state index in [1.54, 1.807) is 44.2 Å². The molecule has 0 fully saturated rings. The number of alkyl carbamates (subject to hydrolysis) is 1. The van der Waals surface area contributed by atoms with Crippen LogP contribution in [-0.2, 0) is 9.53 Å². The predicted molar refractivity (Wildman–Crippen MR) is 117 cm³/mol. The van der Waals surface area contributed by atoms with Crippen LogP contribution in [0.5, 0.6) is 11.5 Å². The van der Waals surface area contributed by atoms with Crippen molar-refractivity contribution in [3.63, 3.8) is 0 Å². The second kappa shape index (κ2) is 11.2. The van der Waals surface area contributed by atoms with Gasteiger partial charge in [0.1, 0.15) is 11.5 Å². The van der Waals surface area contributed by atoms with Gasteiger partial charge >= 0.3 is 12.1 Å². The first kappa shape index (κ1) is 23.2. The Balaban J connectivity index is 2.51. The van der Waals surface area contributed by atoms with Gasteiger partial charge in [0.15, 0.2) is 0 Å². The number of methoxy groups -OCH3 is 1. The number of benzene rings is 2. The van der Waals surface area contributed by atoms with Crippen LogP contribution in [0.1, 0.15) is 20.3 Å². The Morgan fingerprint density at radius 3 is 2.32 bits per heavy atom. The molecule has 4 amide bonds. The molecule has 31 heavy (non-hydrogen) atoms. The van der Waals surface area contributed by atoms with Gasteiger partial charge in [-0.05, 0) is 31.2 Å². The van der Waals surface area contributed by atoms with E-state index in [1.165, 1.54) is 12.0 Å². The minimum absolute atomic E-state index is 0.155. The van der Waals surface area contributed by atoms with Gasteiger partial charge in [0.25, 0.3) is 0 Å². The maximum atomic E-state index is 12.0. The molecule has 0 spiro atoms. The van der Waals surface area contributed by atoms with Crippen LogP contribution in [0.2, 0.25) is 0 Å². The van der Waals surface area contributed by atoms with E-state index in [0.29, 0.717) is 17.2 Å². The van der Waals surface area contributed by atoms with E-state index in [4.69, 9.17) is 10.5 Å². The van der Waals surface area contributed by atoms with Gasteiger partial charge in [0.05, 0.1) is 18.5 Å². The molecule has 4 N–H and O–H groups in total. The second-order valence-corrected chi connectivity index (χ2v) is 6.13. The van der Waals surface area contributed by atoms with E-state index in [0.717, 1.165) is 0 Å². The molecule has 10 nitrogen and oxygen atoms in total. The SMILES string of the molecule is CCC(=O)NC(=Nc1ccc(Oc2ccccc2)cc1N(CC)C(N)=O)NC(=O)OC. The Bertz CT molecular complexity index is 942. The van der Waals surface area contributed by atoms with Crippen LogP contribution >= 0.6 is 0 Å². The number of carbonyl (C=O) groups excluding carboxylic acids is 3. The molecule has 2 aromatic carbocycles. The lowest BCUT2D eigenvalue weighted by Crippen LogP contribution is -2.43. The predicted octanol–water partition coefficient (Wildman–Crippen LogP) is 3.25. The molecule has 2 aromatic rings. The van der Waals surface area contributed by atoms with Crippen LogP contribution in [-0.4, -0.2) is 37.6 Å². The van der Waals surface area contributed by atoms with Gasteiger partial charge in [-0.15, -0.1) is 0 Å². The third-order valence-electron chi connectivity index (χ3n) is 4.02. The van der Waals surface area contributed by atoms with E-state index in [1.807, 2.05) is 18.2 Å². The highest BCUT2D eigenvalue weighted by atomic mass is 16.5. The monoisotopic (exact) mass is 427 g/mol. The number of carbonyl (C=O) groups is 3. The smallest absolute Gasteiger partial charge is 0.413 e. The molecular weight excluding hydrogens is 402 g/mol. The average molecular weight is 427 g/mol. The highest BCUT2D eigenvalue weighted by Gasteiger charge is 2.18.